The number of aliphatic hydroxyl groups is 1. The lowest BCUT2D eigenvalue weighted by Gasteiger charge is -2.40. The van der Waals surface area contributed by atoms with E-state index in [0.29, 0.717) is 0 Å². The van der Waals surface area contributed by atoms with Crippen molar-refractivity contribution >= 4 is 10.9 Å². The molecule has 0 spiro atoms. The minimum Gasteiger partial charge on any atom is -0.395 e. The van der Waals surface area contributed by atoms with Gasteiger partial charge in [-0.25, -0.2) is 0 Å². The zero-order valence-corrected chi connectivity index (χ0v) is 8.66. The topological polar surface area (TPSA) is 36.0 Å². The van der Waals surface area contributed by atoms with Crippen LogP contribution in [0.1, 0.15) is 24.8 Å². The van der Waals surface area contributed by atoms with Crippen molar-refractivity contribution in [3.63, 3.8) is 0 Å². The fraction of sp³-hybridized carbons (Fsp3) is 0.385. The van der Waals surface area contributed by atoms with Gasteiger partial charge in [-0.05, 0) is 42.0 Å². The van der Waals surface area contributed by atoms with Crippen LogP contribution in [0.3, 0.4) is 0 Å². The van der Waals surface area contributed by atoms with Crippen LogP contribution in [0.5, 0.6) is 0 Å². The van der Waals surface area contributed by atoms with E-state index in [9.17, 15) is 5.11 Å². The van der Waals surface area contributed by atoms with E-state index in [1.807, 2.05) is 6.20 Å². The van der Waals surface area contributed by atoms with Crippen LogP contribution < -0.4 is 0 Å². The van der Waals surface area contributed by atoms with Crippen LogP contribution in [-0.2, 0) is 5.41 Å². The van der Waals surface area contributed by atoms with E-state index in [2.05, 4.69) is 29.2 Å². The number of nitrogens with one attached hydrogen (secondary N) is 1. The molecule has 1 fully saturated rings. The lowest BCUT2D eigenvalue weighted by Crippen LogP contribution is -2.37. The van der Waals surface area contributed by atoms with Crippen LogP contribution in [0, 0.1) is 0 Å². The molecular formula is C13H15NO. The predicted molar refractivity (Wildman–Crippen MR) is 60.9 cm³/mol. The van der Waals surface area contributed by atoms with Crippen molar-refractivity contribution in [1.29, 1.82) is 0 Å². The number of aliphatic hydroxyl groups excluding tert-OH is 1. The molecule has 0 bridgehead atoms. The Morgan fingerprint density at radius 3 is 2.80 bits per heavy atom. The quantitative estimate of drug-likeness (QED) is 0.769. The fourth-order valence-corrected chi connectivity index (χ4v) is 2.52. The summed E-state index contributed by atoms with van der Waals surface area (Å²) < 4.78 is 0. The summed E-state index contributed by atoms with van der Waals surface area (Å²) in [4.78, 5) is 3.19. The molecule has 1 aromatic heterocycles. The Hall–Kier alpha value is -1.28. The second kappa shape index (κ2) is 3.11. The van der Waals surface area contributed by atoms with Gasteiger partial charge in [0.2, 0.25) is 0 Å². The molecule has 3 rings (SSSR count). The van der Waals surface area contributed by atoms with E-state index in [4.69, 9.17) is 0 Å². The molecular weight excluding hydrogens is 186 g/mol. The van der Waals surface area contributed by atoms with Gasteiger partial charge in [-0.1, -0.05) is 12.5 Å². The molecule has 0 saturated heterocycles. The average molecular weight is 201 g/mol. The average Bonchev–Trinajstić information content (AvgIpc) is 2.64. The first kappa shape index (κ1) is 8.98. The van der Waals surface area contributed by atoms with Crippen LogP contribution in [0.2, 0.25) is 0 Å². The zero-order chi connectivity index (χ0) is 10.3. The van der Waals surface area contributed by atoms with Crippen molar-refractivity contribution in [2.75, 3.05) is 6.61 Å². The monoisotopic (exact) mass is 201 g/mol. The lowest BCUT2D eigenvalue weighted by molar-refractivity contribution is 0.120. The maximum Gasteiger partial charge on any atom is 0.0527 e. The molecule has 1 saturated carbocycles. The van der Waals surface area contributed by atoms with Gasteiger partial charge < -0.3 is 10.1 Å². The molecule has 1 aliphatic rings. The van der Waals surface area contributed by atoms with Crippen LogP contribution in [0.15, 0.2) is 30.5 Å². The van der Waals surface area contributed by atoms with Gasteiger partial charge in [0, 0.05) is 17.1 Å². The maximum atomic E-state index is 9.50. The molecule has 2 heteroatoms. The highest BCUT2D eigenvalue weighted by Crippen LogP contribution is 2.43. The van der Waals surface area contributed by atoms with E-state index in [0.717, 1.165) is 12.8 Å². The standard InChI is InChI=1S/C13H15NO/c15-9-13(5-1-6-13)11-2-3-12-10(8-11)4-7-14-12/h2-4,7-8,14-15H,1,5-6,9H2. The lowest BCUT2D eigenvalue weighted by atomic mass is 9.65. The number of benzene rings is 1. The smallest absolute Gasteiger partial charge is 0.0527 e. The van der Waals surface area contributed by atoms with E-state index in [-0.39, 0.29) is 12.0 Å². The Morgan fingerprint density at radius 2 is 2.13 bits per heavy atom. The van der Waals surface area contributed by atoms with Gasteiger partial charge in [-0.2, -0.15) is 0 Å². The summed E-state index contributed by atoms with van der Waals surface area (Å²) in [6, 6.07) is 8.55. The molecule has 2 aromatic rings. The first-order valence-electron chi connectivity index (χ1n) is 5.53. The first-order chi connectivity index (χ1) is 7.34. The highest BCUT2D eigenvalue weighted by molar-refractivity contribution is 5.80. The molecule has 0 aliphatic heterocycles. The molecule has 78 valence electrons. The highest BCUT2D eigenvalue weighted by atomic mass is 16.3. The molecule has 1 aliphatic carbocycles. The number of hydrogen-bond acceptors (Lipinski definition) is 1. The Kier molecular flexibility index (Phi) is 1.86. The molecule has 2 N–H and O–H groups in total. The minimum atomic E-state index is 0.0610. The van der Waals surface area contributed by atoms with Gasteiger partial charge in [-0.3, -0.25) is 0 Å². The third-order valence-electron chi connectivity index (χ3n) is 3.78. The summed E-state index contributed by atoms with van der Waals surface area (Å²) in [7, 11) is 0. The molecule has 0 atom stereocenters. The Balaban J connectivity index is 2.10. The second-order valence-electron chi connectivity index (χ2n) is 4.57. The van der Waals surface area contributed by atoms with E-state index < -0.39 is 0 Å². The van der Waals surface area contributed by atoms with Gasteiger partial charge >= 0.3 is 0 Å². The van der Waals surface area contributed by atoms with Gasteiger partial charge in [0.15, 0.2) is 0 Å². The number of H-pyrrole nitrogens is 1. The summed E-state index contributed by atoms with van der Waals surface area (Å²) in [5.74, 6) is 0. The number of aromatic amines is 1. The van der Waals surface area contributed by atoms with Gasteiger partial charge in [-0.15, -0.1) is 0 Å². The van der Waals surface area contributed by atoms with Crippen LogP contribution in [0.25, 0.3) is 10.9 Å². The van der Waals surface area contributed by atoms with Crippen molar-refractivity contribution in [2.45, 2.75) is 24.7 Å². The third kappa shape index (κ3) is 1.21. The number of hydrogen-bond donors (Lipinski definition) is 2. The molecule has 15 heavy (non-hydrogen) atoms. The zero-order valence-electron chi connectivity index (χ0n) is 8.66. The van der Waals surface area contributed by atoms with Crippen LogP contribution in [0.4, 0.5) is 0 Å². The van der Waals surface area contributed by atoms with Crippen LogP contribution >= 0.6 is 0 Å². The van der Waals surface area contributed by atoms with E-state index >= 15 is 0 Å². The number of rotatable bonds is 2. The van der Waals surface area contributed by atoms with Crippen molar-refractivity contribution in [3.05, 3.63) is 36.0 Å². The van der Waals surface area contributed by atoms with E-state index in [1.54, 1.807) is 0 Å². The molecule has 0 radical (unpaired) electrons. The molecule has 1 aromatic carbocycles. The Morgan fingerprint density at radius 1 is 1.27 bits per heavy atom. The summed E-state index contributed by atoms with van der Waals surface area (Å²) in [6.07, 6.45) is 5.45. The maximum absolute atomic E-state index is 9.50. The Bertz CT molecular complexity index is 476. The van der Waals surface area contributed by atoms with Gasteiger partial charge in [0.05, 0.1) is 6.61 Å². The normalized spacial score (nSPS) is 19.0. The minimum absolute atomic E-state index is 0.0610. The second-order valence-corrected chi connectivity index (χ2v) is 4.57. The van der Waals surface area contributed by atoms with E-state index in [1.165, 1.54) is 22.9 Å². The largest absolute Gasteiger partial charge is 0.395 e. The summed E-state index contributed by atoms with van der Waals surface area (Å²) in [5, 5.41) is 10.7. The highest BCUT2D eigenvalue weighted by Gasteiger charge is 2.37. The molecule has 0 amide bonds. The van der Waals surface area contributed by atoms with Crippen LogP contribution in [-0.4, -0.2) is 16.7 Å². The number of fused-ring (bicyclic) bond motifs is 1. The number of aromatic nitrogens is 1. The van der Waals surface area contributed by atoms with Crippen molar-refractivity contribution < 1.29 is 5.11 Å². The fourth-order valence-electron chi connectivity index (χ4n) is 2.52. The summed E-state index contributed by atoms with van der Waals surface area (Å²) >= 11 is 0. The van der Waals surface area contributed by atoms with Crippen molar-refractivity contribution in [2.24, 2.45) is 0 Å². The van der Waals surface area contributed by atoms with Crippen molar-refractivity contribution in [1.82, 2.24) is 4.98 Å². The Labute approximate surface area is 88.9 Å². The first-order valence-corrected chi connectivity index (χ1v) is 5.53. The molecule has 1 heterocycles. The molecule has 0 unspecified atom stereocenters. The molecule has 2 nitrogen and oxygen atoms in total. The third-order valence-corrected chi connectivity index (χ3v) is 3.78. The van der Waals surface area contributed by atoms with Gasteiger partial charge in [0.1, 0.15) is 0 Å². The predicted octanol–water partition coefficient (Wildman–Crippen LogP) is 2.58. The van der Waals surface area contributed by atoms with Gasteiger partial charge in [0.25, 0.3) is 0 Å². The SMILES string of the molecule is OCC1(c2ccc3[nH]ccc3c2)CCC1. The summed E-state index contributed by atoms with van der Waals surface area (Å²) in [6.45, 7) is 0.281. The van der Waals surface area contributed by atoms with Crippen molar-refractivity contribution in [3.8, 4) is 0 Å². The summed E-state index contributed by atoms with van der Waals surface area (Å²) in [5.41, 5.74) is 2.53.